The molecule has 10 rings (SSSR count). The molecule has 1 aromatic heterocycles. The maximum Gasteiger partial charge on any atom is 0.179 e. The van der Waals surface area contributed by atoms with Crippen LogP contribution < -0.4 is 25.6 Å². The van der Waals surface area contributed by atoms with Crippen molar-refractivity contribution in [2.24, 2.45) is 0 Å². The molecule has 1 heterocycles. The van der Waals surface area contributed by atoms with Crippen LogP contribution in [0.2, 0.25) is 0 Å². The van der Waals surface area contributed by atoms with Crippen molar-refractivity contribution in [2.45, 2.75) is 0 Å². The van der Waals surface area contributed by atoms with Gasteiger partial charge in [0, 0.05) is 32.6 Å². The first-order chi connectivity index (χ1) is 26.3. The maximum absolute atomic E-state index is 6.58. The highest BCUT2D eigenvalue weighted by Gasteiger charge is 2.41. The molecule has 0 saturated carbocycles. The van der Waals surface area contributed by atoms with Gasteiger partial charge < -0.3 is 9.32 Å². The Morgan fingerprint density at radius 1 is 0.340 bits per heavy atom. The van der Waals surface area contributed by atoms with Crippen LogP contribution in [0.25, 0.3) is 43.5 Å². The standard InChI is InChI=1S/C50H35NOSi/c1-4-21-38(22-5-1)53(39-23-6-2-7-24-39,40-25-8-3-9-26-40)41-27-17-20-37(34-41)51(47-32-16-19-36-18-10-11-28-42(36)47)48-35-46-44-30-14-15-33-49(44)52-50(46)45-31-13-12-29-43(45)48/h1-35H. The summed E-state index contributed by atoms with van der Waals surface area (Å²) in [5.41, 5.74) is 5.16. The molecule has 10 aromatic rings. The lowest BCUT2D eigenvalue weighted by Gasteiger charge is -2.35. The number of nitrogens with zero attached hydrogens (tertiary/aromatic N) is 1. The Morgan fingerprint density at radius 2 is 0.849 bits per heavy atom. The number of hydrogen-bond acceptors (Lipinski definition) is 2. The molecule has 0 spiro atoms. The Hall–Kier alpha value is -6.68. The monoisotopic (exact) mass is 693 g/mol. The predicted molar refractivity (Wildman–Crippen MR) is 227 cm³/mol. The Bertz CT molecular complexity index is 2800. The number of rotatable bonds is 7. The van der Waals surface area contributed by atoms with Crippen molar-refractivity contribution in [2.75, 3.05) is 4.90 Å². The summed E-state index contributed by atoms with van der Waals surface area (Å²) in [6, 6.07) is 77.5. The number of benzene rings is 9. The van der Waals surface area contributed by atoms with Crippen molar-refractivity contribution in [3.05, 3.63) is 212 Å². The van der Waals surface area contributed by atoms with Gasteiger partial charge in [-0.2, -0.15) is 0 Å². The molecule has 53 heavy (non-hydrogen) atoms. The molecule has 2 nitrogen and oxygen atoms in total. The lowest BCUT2D eigenvalue weighted by molar-refractivity contribution is 0.672. The normalized spacial score (nSPS) is 11.8. The highest BCUT2D eigenvalue weighted by Crippen LogP contribution is 2.45. The van der Waals surface area contributed by atoms with Crippen LogP contribution in [-0.4, -0.2) is 8.07 Å². The van der Waals surface area contributed by atoms with Crippen molar-refractivity contribution in [1.82, 2.24) is 0 Å². The molecule has 0 aliphatic heterocycles. The Kier molecular flexibility index (Phi) is 7.52. The van der Waals surface area contributed by atoms with E-state index in [4.69, 9.17) is 4.42 Å². The third-order valence-corrected chi connectivity index (χ3v) is 15.5. The molecular weight excluding hydrogens is 659 g/mol. The second-order valence-electron chi connectivity index (χ2n) is 13.6. The zero-order valence-electron chi connectivity index (χ0n) is 29.1. The number of anilines is 3. The molecule has 0 N–H and O–H groups in total. The molecule has 0 amide bonds. The molecule has 3 heteroatoms. The molecule has 250 valence electrons. The van der Waals surface area contributed by atoms with E-state index in [1.165, 1.54) is 31.5 Å². The molecule has 0 bridgehead atoms. The van der Waals surface area contributed by atoms with Crippen molar-refractivity contribution < 1.29 is 4.42 Å². The van der Waals surface area contributed by atoms with E-state index in [1.807, 2.05) is 6.07 Å². The second kappa shape index (κ2) is 12.8. The quantitative estimate of drug-likeness (QED) is 0.122. The first-order valence-corrected chi connectivity index (χ1v) is 20.2. The fraction of sp³-hybridized carbons (Fsp3) is 0. The number of fused-ring (bicyclic) bond motifs is 6. The fourth-order valence-corrected chi connectivity index (χ4v) is 13.3. The van der Waals surface area contributed by atoms with Crippen molar-refractivity contribution in [1.29, 1.82) is 0 Å². The minimum absolute atomic E-state index is 0.896. The topological polar surface area (TPSA) is 16.4 Å². The maximum atomic E-state index is 6.58. The van der Waals surface area contributed by atoms with E-state index >= 15 is 0 Å². The molecule has 0 saturated heterocycles. The Labute approximate surface area is 309 Å². The van der Waals surface area contributed by atoms with Crippen molar-refractivity contribution in [3.63, 3.8) is 0 Å². The summed E-state index contributed by atoms with van der Waals surface area (Å²) >= 11 is 0. The summed E-state index contributed by atoms with van der Waals surface area (Å²) in [6.07, 6.45) is 0. The molecule has 0 radical (unpaired) electrons. The molecule has 0 aliphatic carbocycles. The van der Waals surface area contributed by atoms with Gasteiger partial charge in [0.1, 0.15) is 11.2 Å². The summed E-state index contributed by atoms with van der Waals surface area (Å²) < 4.78 is 6.58. The minimum atomic E-state index is -2.80. The lowest BCUT2D eigenvalue weighted by atomic mass is 10.0. The molecule has 0 unspecified atom stereocenters. The SMILES string of the molecule is c1ccc([Si](c2ccccc2)(c2ccccc2)c2cccc(N(c3cccc4ccccc34)c3cc4c5ccccc5oc4c4ccccc34)c2)cc1. The van der Waals surface area contributed by atoms with Crippen LogP contribution in [0.3, 0.4) is 0 Å². The van der Waals surface area contributed by atoms with Crippen molar-refractivity contribution >= 4 is 89.4 Å². The van der Waals surface area contributed by atoms with Gasteiger partial charge in [0.15, 0.2) is 8.07 Å². The summed E-state index contributed by atoms with van der Waals surface area (Å²) in [7, 11) is -2.80. The number of furan rings is 1. The smallest absolute Gasteiger partial charge is 0.179 e. The van der Waals surface area contributed by atoms with Crippen LogP contribution in [-0.2, 0) is 0 Å². The highest BCUT2D eigenvalue weighted by atomic mass is 28.3. The van der Waals surface area contributed by atoms with Crippen LogP contribution in [0.15, 0.2) is 217 Å². The largest absolute Gasteiger partial charge is 0.455 e. The van der Waals surface area contributed by atoms with Gasteiger partial charge in [0.25, 0.3) is 0 Å². The van der Waals surface area contributed by atoms with Crippen molar-refractivity contribution in [3.8, 4) is 0 Å². The van der Waals surface area contributed by atoms with Gasteiger partial charge in [-0.15, -0.1) is 0 Å². The van der Waals surface area contributed by atoms with E-state index in [9.17, 15) is 0 Å². The Morgan fingerprint density at radius 3 is 1.53 bits per heavy atom. The minimum Gasteiger partial charge on any atom is -0.455 e. The average molecular weight is 694 g/mol. The fourth-order valence-electron chi connectivity index (χ4n) is 8.47. The van der Waals surface area contributed by atoms with Crippen LogP contribution >= 0.6 is 0 Å². The average Bonchev–Trinajstić information content (AvgIpc) is 3.62. The third-order valence-electron chi connectivity index (χ3n) is 10.8. The second-order valence-corrected chi connectivity index (χ2v) is 17.5. The molecule has 0 aliphatic rings. The van der Waals surface area contributed by atoms with Crippen LogP contribution in [0.1, 0.15) is 0 Å². The summed E-state index contributed by atoms with van der Waals surface area (Å²) in [6.45, 7) is 0. The molecule has 0 fully saturated rings. The van der Waals surface area contributed by atoms with E-state index in [0.29, 0.717) is 0 Å². The lowest BCUT2D eigenvalue weighted by Crippen LogP contribution is -2.74. The highest BCUT2D eigenvalue weighted by molar-refractivity contribution is 7.19. The van der Waals surface area contributed by atoms with E-state index in [0.717, 1.165) is 49.8 Å². The summed E-state index contributed by atoms with van der Waals surface area (Å²) in [5.74, 6) is 0. The first kappa shape index (κ1) is 31.1. The van der Waals surface area contributed by atoms with E-state index in [-0.39, 0.29) is 0 Å². The summed E-state index contributed by atoms with van der Waals surface area (Å²) in [4.78, 5) is 2.48. The molecule has 9 aromatic carbocycles. The molecular formula is C50H35NOSi. The first-order valence-electron chi connectivity index (χ1n) is 18.2. The zero-order valence-corrected chi connectivity index (χ0v) is 30.1. The van der Waals surface area contributed by atoms with Gasteiger partial charge in [-0.25, -0.2) is 0 Å². The van der Waals surface area contributed by atoms with E-state index in [2.05, 4.69) is 211 Å². The van der Waals surface area contributed by atoms with Gasteiger partial charge in [0.2, 0.25) is 0 Å². The Balaban J connectivity index is 1.32. The van der Waals surface area contributed by atoms with Crippen LogP contribution in [0, 0.1) is 0 Å². The number of hydrogen-bond donors (Lipinski definition) is 0. The predicted octanol–water partition coefficient (Wildman–Crippen LogP) is 10.7. The van der Waals surface area contributed by atoms with Gasteiger partial charge in [-0.05, 0) is 56.5 Å². The summed E-state index contributed by atoms with van der Waals surface area (Å²) in [5, 5.41) is 12.2. The number of para-hydroxylation sites is 1. The third kappa shape index (κ3) is 5.01. The van der Waals surface area contributed by atoms with Gasteiger partial charge in [0.05, 0.1) is 11.4 Å². The van der Waals surface area contributed by atoms with Gasteiger partial charge >= 0.3 is 0 Å². The van der Waals surface area contributed by atoms with Gasteiger partial charge in [-0.1, -0.05) is 182 Å². The van der Waals surface area contributed by atoms with Crippen LogP contribution in [0.4, 0.5) is 17.1 Å². The van der Waals surface area contributed by atoms with E-state index in [1.54, 1.807) is 0 Å². The van der Waals surface area contributed by atoms with Gasteiger partial charge in [-0.3, -0.25) is 0 Å². The molecule has 0 atom stereocenters. The van der Waals surface area contributed by atoms with E-state index < -0.39 is 8.07 Å². The zero-order chi connectivity index (χ0) is 35.2. The van der Waals surface area contributed by atoms with Crippen LogP contribution in [0.5, 0.6) is 0 Å².